The molecule has 4 N–H and O–H groups in total. The number of nitrogens with zero attached hydrogens (tertiary/aromatic N) is 19. The van der Waals surface area contributed by atoms with Gasteiger partial charge in [0.2, 0.25) is 5.91 Å². The zero-order chi connectivity index (χ0) is 94.8. The molecule has 4 aromatic carbocycles. The van der Waals surface area contributed by atoms with Gasteiger partial charge in [-0.15, -0.1) is 56.7 Å². The van der Waals surface area contributed by atoms with Gasteiger partial charge in [0.25, 0.3) is 0 Å². The van der Waals surface area contributed by atoms with Crippen LogP contribution in [0.5, 0.6) is 0 Å². The van der Waals surface area contributed by atoms with Crippen molar-refractivity contribution in [2.24, 2.45) is 5.92 Å². The van der Waals surface area contributed by atoms with E-state index in [2.05, 4.69) is 151 Å². The number of thiophene rings is 5. The molecule has 3 fully saturated rings. The van der Waals surface area contributed by atoms with Crippen molar-refractivity contribution >= 4 is 154 Å². The Kier molecular flexibility index (Phi) is 30.3. The zero-order valence-corrected chi connectivity index (χ0v) is 81.0. The first-order valence-corrected chi connectivity index (χ1v) is 50.5. The van der Waals surface area contributed by atoms with Gasteiger partial charge in [0.15, 0.2) is 29.1 Å². The number of rotatable bonds is 22. The summed E-state index contributed by atoms with van der Waals surface area (Å²) >= 11 is 8.16. The fourth-order valence-electron chi connectivity index (χ4n) is 17.0. The largest absolute Gasteiger partial charge is 0.396 e. The highest BCUT2D eigenvalue weighted by atomic mass is 32.1. The molecule has 2 unspecified atom stereocenters. The molecule has 1 amide bonds. The molecule has 2 atom stereocenters. The highest BCUT2D eigenvalue weighted by Crippen LogP contribution is 2.46. The van der Waals surface area contributed by atoms with E-state index < -0.39 is 0 Å². The third-order valence-corrected chi connectivity index (χ3v) is 28.6. The number of carbonyl (C=O) groups is 3. The summed E-state index contributed by atoms with van der Waals surface area (Å²) in [5, 5.41) is 39.0. The maximum absolute atomic E-state index is 11.8. The molecule has 0 spiro atoms. The minimum Gasteiger partial charge on any atom is -0.396 e. The molecule has 19 aromatic rings. The molecule has 15 aromatic heterocycles. The van der Waals surface area contributed by atoms with Crippen molar-refractivity contribution in [3.63, 3.8) is 0 Å². The fraction of sp³-hybridized carbons (Fsp3) is 0.234. The molecule has 3 saturated heterocycles. The summed E-state index contributed by atoms with van der Waals surface area (Å²) in [6.07, 6.45) is 14.0. The van der Waals surface area contributed by atoms with Crippen LogP contribution in [-0.2, 0) is 14.4 Å². The van der Waals surface area contributed by atoms with Crippen LogP contribution in [0.4, 0.5) is 29.1 Å². The first kappa shape index (κ1) is 93.9. The van der Waals surface area contributed by atoms with E-state index in [1.165, 1.54) is 4.88 Å². The van der Waals surface area contributed by atoms with Gasteiger partial charge in [-0.1, -0.05) is 152 Å². The Morgan fingerprint density at radius 1 is 0.391 bits per heavy atom. The van der Waals surface area contributed by atoms with Crippen LogP contribution in [0, 0.1) is 12.8 Å². The zero-order valence-electron chi connectivity index (χ0n) is 76.9. The van der Waals surface area contributed by atoms with Gasteiger partial charge in [-0.05, 0) is 154 Å². The van der Waals surface area contributed by atoms with E-state index in [-0.39, 0.29) is 42.9 Å². The number of hydrogen-bond acceptors (Lipinski definition) is 30. The number of aliphatic hydroxyl groups excluding tert-OH is 2. The molecule has 0 radical (unpaired) electrons. The van der Waals surface area contributed by atoms with Crippen molar-refractivity contribution < 1.29 is 24.6 Å². The van der Waals surface area contributed by atoms with Crippen LogP contribution < -0.4 is 25.3 Å². The Hall–Kier alpha value is -14.4. The molecule has 22 rings (SSSR count). The maximum Gasteiger partial charge on any atom is 0.219 e. The summed E-state index contributed by atoms with van der Waals surface area (Å²) in [5.41, 5.74) is 13.0. The second kappa shape index (κ2) is 44.6. The van der Waals surface area contributed by atoms with E-state index in [0.717, 1.165) is 205 Å². The quantitative estimate of drug-likeness (QED) is 0.0490. The van der Waals surface area contributed by atoms with E-state index in [4.69, 9.17) is 45.0 Å². The molecule has 138 heavy (non-hydrogen) atoms. The van der Waals surface area contributed by atoms with Crippen LogP contribution in [0.1, 0.15) is 77.5 Å². The maximum atomic E-state index is 11.8. The van der Waals surface area contributed by atoms with Crippen LogP contribution in [0.3, 0.4) is 0 Å². The van der Waals surface area contributed by atoms with Gasteiger partial charge >= 0.3 is 0 Å². The average molecular weight is 1920 g/mol. The lowest BCUT2D eigenvalue weighted by Gasteiger charge is -2.35. The number of fused-ring (bicyclic) bond motifs is 5. The predicted octanol–water partition coefficient (Wildman–Crippen LogP) is 22.1. The number of amides is 1. The van der Waals surface area contributed by atoms with Gasteiger partial charge in [0.05, 0.1) is 26.9 Å². The second-order valence-corrected chi connectivity index (χ2v) is 38.3. The third kappa shape index (κ3) is 22.0. The number of anilines is 5. The molecule has 694 valence electrons. The number of ketones is 2. The van der Waals surface area contributed by atoms with E-state index >= 15 is 0 Å². The van der Waals surface area contributed by atoms with Crippen LogP contribution in [0.2, 0.25) is 0 Å². The summed E-state index contributed by atoms with van der Waals surface area (Å²) in [5.74, 6) is 8.42. The number of aliphatic hydroxyl groups is 2. The van der Waals surface area contributed by atoms with Crippen LogP contribution in [-0.4, -0.2) is 185 Å². The molecule has 31 heteroatoms. The number of aryl methyl sites for hydroxylation is 1. The second-order valence-electron chi connectivity index (χ2n) is 33.6. The highest BCUT2D eigenvalue weighted by molar-refractivity contribution is 7.19. The fourth-order valence-corrected chi connectivity index (χ4v) is 21.7. The SMILES string of the molecule is CC(=O)C1CCN(c2nc(-c3ccccn3)nc3scc(-c4ccccc4)c23)CC1.CC(=O)N1CCN(c2nc(-c3ccccn3)nc3scc(-c4ccccc4)c23)CC1.CC(CCCO)Nc1nc(-c2ccccn2)nc2sccc12.Cc1sc2nc(-c3ccccn3)nc(NC(C)CCO)c2c1-c1ccccc1.O=C1CCN(c2nc(-c3ccccn3)nc3scc(-c4ccccc4)c23)CC1. The lowest BCUT2D eigenvalue weighted by Crippen LogP contribution is -2.48. The minimum absolute atomic E-state index is 0.0866. The Morgan fingerprint density at radius 2 is 0.761 bits per heavy atom. The average Bonchev–Trinajstić information content (AvgIpc) is 1.62. The first-order valence-electron chi connectivity index (χ1n) is 46.2. The number of nitrogens with one attached hydrogen (secondary N) is 2. The summed E-state index contributed by atoms with van der Waals surface area (Å²) < 4.78 is 0. The number of Topliss-reactive ketones (excluding diaryl/α,β-unsaturated/α-hetero) is 2. The lowest BCUT2D eigenvalue weighted by atomic mass is 9.93. The summed E-state index contributed by atoms with van der Waals surface area (Å²) in [6.45, 7) is 15.9. The molecule has 0 aliphatic carbocycles. The number of hydrogen-bond donors (Lipinski definition) is 4. The minimum atomic E-state index is 0.0866. The molecule has 0 bridgehead atoms. The molecular formula is C107H101N21O5S5. The van der Waals surface area contributed by atoms with Crippen LogP contribution in [0.25, 0.3) is 153 Å². The molecule has 3 aliphatic rings. The molecule has 26 nitrogen and oxygen atoms in total. The Balaban J connectivity index is 0.000000115. The van der Waals surface area contributed by atoms with Crippen LogP contribution in [0.15, 0.2) is 271 Å². The van der Waals surface area contributed by atoms with Gasteiger partial charge in [0.1, 0.15) is 93.3 Å². The molecule has 18 heterocycles. The summed E-state index contributed by atoms with van der Waals surface area (Å²) in [6, 6.07) is 72.5. The molecule has 0 saturated carbocycles. The lowest BCUT2D eigenvalue weighted by molar-refractivity contribution is -0.129. The predicted molar refractivity (Wildman–Crippen MR) is 560 cm³/mol. The van der Waals surface area contributed by atoms with Gasteiger partial charge in [-0.3, -0.25) is 39.3 Å². The van der Waals surface area contributed by atoms with Gasteiger partial charge < -0.3 is 40.4 Å². The van der Waals surface area contributed by atoms with Crippen molar-refractivity contribution in [1.29, 1.82) is 0 Å². The Labute approximate surface area is 819 Å². The third-order valence-electron chi connectivity index (χ3n) is 24.2. The number of pyridine rings is 5. The van der Waals surface area contributed by atoms with Crippen molar-refractivity contribution in [2.45, 2.75) is 91.6 Å². The molecule has 3 aliphatic heterocycles. The smallest absolute Gasteiger partial charge is 0.219 e. The highest BCUT2D eigenvalue weighted by Gasteiger charge is 2.31. The van der Waals surface area contributed by atoms with Crippen molar-refractivity contribution in [1.82, 2.24) is 79.7 Å². The van der Waals surface area contributed by atoms with E-state index in [0.29, 0.717) is 80.3 Å². The number of benzene rings is 4. The summed E-state index contributed by atoms with van der Waals surface area (Å²) in [4.78, 5) is 120. The Bertz CT molecular complexity index is 7150. The van der Waals surface area contributed by atoms with E-state index in [1.54, 1.807) is 102 Å². The number of aromatic nitrogens is 15. The van der Waals surface area contributed by atoms with E-state index in [9.17, 15) is 19.5 Å². The van der Waals surface area contributed by atoms with Crippen molar-refractivity contribution in [3.8, 4) is 102 Å². The first-order chi connectivity index (χ1) is 67.6. The van der Waals surface area contributed by atoms with Crippen molar-refractivity contribution in [3.05, 3.63) is 276 Å². The Morgan fingerprint density at radius 3 is 1.16 bits per heavy atom. The molecular weight excluding hydrogens is 1820 g/mol. The van der Waals surface area contributed by atoms with E-state index in [1.807, 2.05) is 175 Å². The van der Waals surface area contributed by atoms with Crippen LogP contribution >= 0.6 is 56.7 Å². The van der Waals surface area contributed by atoms with Gasteiger partial charge in [-0.2, -0.15) is 0 Å². The number of piperidine rings is 2. The standard InChI is InChI=1S/C24H22N4OS.C23H21N5OS.C22H18N4OS.C22H22N4OS.C16H18N4OS/c1-16(29)17-10-13-28(14-11-17)23-21-19(18-7-3-2-4-8-18)15-30-24(21)27-22(26-23)20-9-5-6-12-25-20;1-16(29)27-11-13-28(14-12-27)22-20-18(17-7-3-2-4-8-17)15-30-23(20)26-21(25-22)19-9-5-6-10-24-19;27-16-9-12-26(13-10-16)21-19-17(15-6-2-1-3-7-15)14-28-22(19)25-20(24-21)18-8-4-5-11-23-18;1-14(11-13-27)24-21-19-18(16-8-4-3-5-9-16)15(2)28-22(19)26-20(25-21)17-10-6-7-12-23-17;1-11(5-4-9-21)18-14-12-7-10-22-16(12)20-15(19-14)13-6-2-3-8-17-13/h2-9,12,15,17H,10-11,13-14H2,1H3;2-10,15H,11-14H2,1H3;1-8,11,14H,9-10,12-13H2;3-10,12,14,27H,11,13H2,1-2H3,(H,24,25,26);2-3,6-8,10-11,21H,4-5,9H2,1H3,(H,18,19,20). The normalized spacial score (nSPS) is 13.8. The monoisotopic (exact) mass is 1920 g/mol. The summed E-state index contributed by atoms with van der Waals surface area (Å²) in [7, 11) is 0. The topological polar surface area (TPSA) is 322 Å². The van der Waals surface area contributed by atoms with Gasteiger partial charge in [0, 0.05) is 178 Å². The van der Waals surface area contributed by atoms with Crippen molar-refractivity contribution in [2.75, 3.05) is 90.9 Å². The van der Waals surface area contributed by atoms with Gasteiger partial charge in [-0.25, -0.2) is 49.8 Å². The number of piperazine rings is 1. The number of carbonyl (C=O) groups excluding carboxylic acids is 3.